The van der Waals surface area contributed by atoms with Gasteiger partial charge in [0.05, 0.1) is 0 Å². The summed E-state index contributed by atoms with van der Waals surface area (Å²) in [7, 11) is 0. The Hall–Kier alpha value is -0.860. The van der Waals surface area contributed by atoms with Gasteiger partial charge >= 0.3 is 0 Å². The quantitative estimate of drug-likeness (QED) is 0.523. The standard InChI is InChI=1S/C10H16N2/c1-8-3-5-10(6-4-8)7-9(2)12-11/h3-6,9,12H,7,11H2,1-2H3/t9-/m0/s1. The molecule has 0 aliphatic carbocycles. The lowest BCUT2D eigenvalue weighted by Crippen LogP contribution is -2.33. The summed E-state index contributed by atoms with van der Waals surface area (Å²) in [6, 6.07) is 8.87. The molecule has 0 heterocycles. The van der Waals surface area contributed by atoms with Gasteiger partial charge in [-0.1, -0.05) is 29.8 Å². The molecule has 0 saturated carbocycles. The van der Waals surface area contributed by atoms with Gasteiger partial charge in [0.2, 0.25) is 0 Å². The number of benzene rings is 1. The molecule has 3 N–H and O–H groups in total. The second-order valence-electron chi connectivity index (χ2n) is 3.26. The van der Waals surface area contributed by atoms with E-state index < -0.39 is 0 Å². The van der Waals surface area contributed by atoms with Crippen LogP contribution >= 0.6 is 0 Å². The van der Waals surface area contributed by atoms with Crippen LogP contribution in [0.4, 0.5) is 0 Å². The van der Waals surface area contributed by atoms with E-state index in [0.717, 1.165) is 6.42 Å². The first-order chi connectivity index (χ1) is 5.72. The van der Waals surface area contributed by atoms with Crippen molar-refractivity contribution >= 4 is 0 Å². The molecule has 0 aliphatic heterocycles. The van der Waals surface area contributed by atoms with Crippen LogP contribution in [0.25, 0.3) is 0 Å². The van der Waals surface area contributed by atoms with Crippen LogP contribution in [0.2, 0.25) is 0 Å². The molecule has 1 rings (SSSR count). The maximum Gasteiger partial charge on any atom is 0.0222 e. The molecular formula is C10H16N2. The average molecular weight is 164 g/mol. The molecule has 1 aromatic carbocycles. The van der Waals surface area contributed by atoms with Crippen molar-refractivity contribution in [3.63, 3.8) is 0 Å². The second kappa shape index (κ2) is 4.24. The highest BCUT2D eigenvalue weighted by Crippen LogP contribution is 2.05. The maximum atomic E-state index is 5.30. The SMILES string of the molecule is Cc1ccc(C[C@H](C)NN)cc1. The predicted octanol–water partition coefficient (Wildman–Crippen LogP) is 1.39. The van der Waals surface area contributed by atoms with E-state index >= 15 is 0 Å². The molecule has 0 fully saturated rings. The summed E-state index contributed by atoms with van der Waals surface area (Å²) in [5.41, 5.74) is 5.35. The van der Waals surface area contributed by atoms with Crippen molar-refractivity contribution in [2.24, 2.45) is 5.84 Å². The van der Waals surface area contributed by atoms with Crippen LogP contribution in [0.5, 0.6) is 0 Å². The third kappa shape index (κ3) is 2.64. The molecule has 0 unspecified atom stereocenters. The molecule has 0 radical (unpaired) electrons. The minimum Gasteiger partial charge on any atom is -0.271 e. The van der Waals surface area contributed by atoms with Crippen molar-refractivity contribution in [2.45, 2.75) is 26.3 Å². The van der Waals surface area contributed by atoms with Gasteiger partial charge in [0.15, 0.2) is 0 Å². The summed E-state index contributed by atoms with van der Waals surface area (Å²) in [5.74, 6) is 5.30. The van der Waals surface area contributed by atoms with Crippen LogP contribution in [0.3, 0.4) is 0 Å². The molecule has 0 aliphatic rings. The van der Waals surface area contributed by atoms with E-state index in [1.165, 1.54) is 11.1 Å². The van der Waals surface area contributed by atoms with Crippen LogP contribution in [-0.2, 0) is 6.42 Å². The third-order valence-electron chi connectivity index (χ3n) is 1.95. The third-order valence-corrected chi connectivity index (χ3v) is 1.95. The Bertz CT molecular complexity index is 228. The van der Waals surface area contributed by atoms with Crippen LogP contribution in [0, 0.1) is 6.92 Å². The Kier molecular flexibility index (Phi) is 3.26. The van der Waals surface area contributed by atoms with Crippen molar-refractivity contribution in [3.05, 3.63) is 35.4 Å². The van der Waals surface area contributed by atoms with Crippen LogP contribution < -0.4 is 11.3 Å². The zero-order valence-electron chi connectivity index (χ0n) is 7.67. The van der Waals surface area contributed by atoms with Crippen molar-refractivity contribution in [2.75, 3.05) is 0 Å². The molecule has 2 heteroatoms. The molecule has 0 saturated heterocycles. The van der Waals surface area contributed by atoms with E-state index in [9.17, 15) is 0 Å². The van der Waals surface area contributed by atoms with E-state index in [4.69, 9.17) is 5.84 Å². The topological polar surface area (TPSA) is 38.0 Å². The lowest BCUT2D eigenvalue weighted by atomic mass is 10.1. The maximum absolute atomic E-state index is 5.30. The van der Waals surface area contributed by atoms with Gasteiger partial charge in [0.1, 0.15) is 0 Å². The van der Waals surface area contributed by atoms with Crippen LogP contribution in [0.1, 0.15) is 18.1 Å². The van der Waals surface area contributed by atoms with E-state index in [0.29, 0.717) is 6.04 Å². The summed E-state index contributed by atoms with van der Waals surface area (Å²) < 4.78 is 0. The Morgan fingerprint density at radius 2 is 1.92 bits per heavy atom. The van der Waals surface area contributed by atoms with Gasteiger partial charge in [-0.2, -0.15) is 0 Å². The van der Waals surface area contributed by atoms with Crippen molar-refractivity contribution in [1.82, 2.24) is 5.43 Å². The van der Waals surface area contributed by atoms with E-state index in [1.54, 1.807) is 0 Å². The Balaban J connectivity index is 2.58. The van der Waals surface area contributed by atoms with Gasteiger partial charge in [0, 0.05) is 6.04 Å². The molecule has 2 nitrogen and oxygen atoms in total. The first kappa shape index (κ1) is 9.23. The minimum absolute atomic E-state index is 0.340. The lowest BCUT2D eigenvalue weighted by molar-refractivity contribution is 0.568. The summed E-state index contributed by atoms with van der Waals surface area (Å²) >= 11 is 0. The number of nitrogens with two attached hydrogens (primary N) is 1. The number of nitrogens with one attached hydrogen (secondary N) is 1. The average Bonchev–Trinajstić information content (AvgIpc) is 2.09. The summed E-state index contributed by atoms with van der Waals surface area (Å²) in [5, 5.41) is 0. The van der Waals surface area contributed by atoms with Crippen LogP contribution in [0.15, 0.2) is 24.3 Å². The fourth-order valence-corrected chi connectivity index (χ4v) is 1.14. The van der Waals surface area contributed by atoms with Gasteiger partial charge < -0.3 is 0 Å². The Morgan fingerprint density at radius 3 is 2.42 bits per heavy atom. The Morgan fingerprint density at radius 1 is 1.33 bits per heavy atom. The highest BCUT2D eigenvalue weighted by Gasteiger charge is 1.99. The largest absolute Gasteiger partial charge is 0.271 e. The number of aryl methyl sites for hydroxylation is 1. The predicted molar refractivity (Wildman–Crippen MR) is 51.7 cm³/mol. The number of rotatable bonds is 3. The molecule has 66 valence electrons. The molecule has 12 heavy (non-hydrogen) atoms. The normalized spacial score (nSPS) is 12.9. The van der Waals surface area contributed by atoms with Gasteiger partial charge in [-0.05, 0) is 25.8 Å². The lowest BCUT2D eigenvalue weighted by Gasteiger charge is -2.09. The van der Waals surface area contributed by atoms with E-state index in [1.807, 2.05) is 0 Å². The fraction of sp³-hybridized carbons (Fsp3) is 0.400. The Labute approximate surface area is 73.8 Å². The smallest absolute Gasteiger partial charge is 0.0222 e. The first-order valence-corrected chi connectivity index (χ1v) is 4.24. The van der Waals surface area contributed by atoms with E-state index in [-0.39, 0.29) is 0 Å². The summed E-state index contributed by atoms with van der Waals surface area (Å²) in [4.78, 5) is 0. The first-order valence-electron chi connectivity index (χ1n) is 4.24. The highest BCUT2D eigenvalue weighted by molar-refractivity contribution is 5.21. The van der Waals surface area contributed by atoms with Crippen molar-refractivity contribution < 1.29 is 0 Å². The zero-order valence-corrected chi connectivity index (χ0v) is 7.67. The monoisotopic (exact) mass is 164 g/mol. The molecule has 0 aromatic heterocycles. The molecule has 0 bridgehead atoms. The highest BCUT2D eigenvalue weighted by atomic mass is 15.2. The molecule has 0 amide bonds. The fourth-order valence-electron chi connectivity index (χ4n) is 1.14. The van der Waals surface area contributed by atoms with Gasteiger partial charge in [0.25, 0.3) is 0 Å². The van der Waals surface area contributed by atoms with Crippen molar-refractivity contribution in [3.8, 4) is 0 Å². The molecule has 1 aromatic rings. The summed E-state index contributed by atoms with van der Waals surface area (Å²) in [6.07, 6.45) is 0.983. The van der Waals surface area contributed by atoms with E-state index in [2.05, 4.69) is 43.5 Å². The molecular weight excluding hydrogens is 148 g/mol. The van der Waals surface area contributed by atoms with Crippen LogP contribution in [-0.4, -0.2) is 6.04 Å². The number of hydrogen-bond donors (Lipinski definition) is 2. The number of hydrogen-bond acceptors (Lipinski definition) is 2. The van der Waals surface area contributed by atoms with Gasteiger partial charge in [-0.3, -0.25) is 11.3 Å². The zero-order chi connectivity index (χ0) is 8.97. The van der Waals surface area contributed by atoms with Gasteiger partial charge in [-0.25, -0.2) is 0 Å². The van der Waals surface area contributed by atoms with Gasteiger partial charge in [-0.15, -0.1) is 0 Å². The number of hydrazine groups is 1. The molecule has 1 atom stereocenters. The summed E-state index contributed by atoms with van der Waals surface area (Å²) in [6.45, 7) is 4.16. The minimum atomic E-state index is 0.340. The second-order valence-corrected chi connectivity index (χ2v) is 3.26. The molecule has 0 spiro atoms. The van der Waals surface area contributed by atoms with Crippen molar-refractivity contribution in [1.29, 1.82) is 0 Å².